The van der Waals surface area contributed by atoms with Crippen molar-refractivity contribution in [2.24, 2.45) is 0 Å². The van der Waals surface area contributed by atoms with Crippen LogP contribution in [0.4, 0.5) is 0 Å². The van der Waals surface area contributed by atoms with Crippen molar-refractivity contribution in [2.75, 3.05) is 0 Å². The second-order valence-electron chi connectivity index (χ2n) is 3.14. The van der Waals surface area contributed by atoms with Crippen molar-refractivity contribution in [1.29, 1.82) is 0 Å². The fourth-order valence-electron chi connectivity index (χ4n) is 1.25. The summed E-state index contributed by atoms with van der Waals surface area (Å²) in [6.07, 6.45) is 6.27. The summed E-state index contributed by atoms with van der Waals surface area (Å²) in [6.45, 7) is 0. The van der Waals surface area contributed by atoms with Crippen LogP contribution in [0.1, 0.15) is 16.1 Å². The van der Waals surface area contributed by atoms with E-state index in [1.54, 1.807) is 18.3 Å². The van der Waals surface area contributed by atoms with Crippen molar-refractivity contribution in [3.05, 3.63) is 53.3 Å². The molecule has 4 nitrogen and oxygen atoms in total. The first kappa shape index (κ1) is 10.7. The number of pyridine rings is 1. The van der Waals surface area contributed by atoms with Gasteiger partial charge >= 0.3 is 0 Å². The minimum atomic E-state index is -0.0736. The van der Waals surface area contributed by atoms with Crippen LogP contribution in [0.5, 0.6) is 0 Å². The van der Waals surface area contributed by atoms with E-state index in [4.69, 9.17) is 11.6 Å². The van der Waals surface area contributed by atoms with E-state index >= 15 is 0 Å². The number of carbonyl (C=O) groups is 1. The Morgan fingerprint density at radius 3 is 2.75 bits per heavy atom. The van der Waals surface area contributed by atoms with Gasteiger partial charge in [0.1, 0.15) is 0 Å². The predicted octanol–water partition coefficient (Wildman–Crippen LogP) is 1.95. The Kier molecular flexibility index (Phi) is 3.22. The quantitative estimate of drug-likeness (QED) is 0.761. The van der Waals surface area contributed by atoms with Gasteiger partial charge in [-0.1, -0.05) is 11.6 Å². The number of hydrogen-bond acceptors (Lipinski definition) is 4. The highest BCUT2D eigenvalue weighted by Gasteiger charge is 2.10. The van der Waals surface area contributed by atoms with Crippen LogP contribution in [0.25, 0.3) is 0 Å². The van der Waals surface area contributed by atoms with Crippen molar-refractivity contribution >= 4 is 17.4 Å². The monoisotopic (exact) mass is 233 g/mol. The predicted molar refractivity (Wildman–Crippen MR) is 59.3 cm³/mol. The molecule has 2 aromatic heterocycles. The number of rotatable bonds is 3. The molecule has 0 amide bonds. The fourth-order valence-corrected chi connectivity index (χ4v) is 1.42. The Labute approximate surface area is 97.3 Å². The van der Waals surface area contributed by atoms with E-state index in [0.29, 0.717) is 11.3 Å². The fraction of sp³-hybridized carbons (Fsp3) is 0.0909. The van der Waals surface area contributed by atoms with E-state index in [1.807, 2.05) is 0 Å². The number of hydrogen-bond donors (Lipinski definition) is 0. The molecule has 5 heteroatoms. The zero-order chi connectivity index (χ0) is 11.4. The molecule has 2 rings (SSSR count). The first-order valence-corrected chi connectivity index (χ1v) is 5.04. The van der Waals surface area contributed by atoms with E-state index in [9.17, 15) is 4.79 Å². The molecule has 0 aliphatic rings. The van der Waals surface area contributed by atoms with Gasteiger partial charge in [-0.05, 0) is 12.1 Å². The lowest BCUT2D eigenvalue weighted by molar-refractivity contribution is 0.0991. The zero-order valence-electron chi connectivity index (χ0n) is 8.30. The number of nitrogens with zero attached hydrogens (tertiary/aromatic N) is 3. The Balaban J connectivity index is 2.18. The van der Waals surface area contributed by atoms with Gasteiger partial charge in [0.2, 0.25) is 0 Å². The van der Waals surface area contributed by atoms with Crippen LogP contribution in [-0.4, -0.2) is 20.7 Å². The second kappa shape index (κ2) is 4.81. The van der Waals surface area contributed by atoms with Crippen LogP contribution in [0.3, 0.4) is 0 Å². The number of ketones is 1. The highest BCUT2D eigenvalue weighted by molar-refractivity contribution is 6.30. The van der Waals surface area contributed by atoms with Crippen molar-refractivity contribution < 1.29 is 4.79 Å². The second-order valence-corrected chi connectivity index (χ2v) is 3.49. The summed E-state index contributed by atoms with van der Waals surface area (Å²) < 4.78 is 0. The molecule has 0 saturated heterocycles. The van der Waals surface area contributed by atoms with Gasteiger partial charge in [-0.3, -0.25) is 14.8 Å². The summed E-state index contributed by atoms with van der Waals surface area (Å²) in [6, 6.07) is 3.42. The van der Waals surface area contributed by atoms with E-state index in [0.717, 1.165) is 0 Å². The highest BCUT2D eigenvalue weighted by Crippen LogP contribution is 2.11. The molecule has 80 valence electrons. The van der Waals surface area contributed by atoms with Crippen LogP contribution < -0.4 is 0 Å². The molecule has 0 unspecified atom stereocenters. The molecule has 0 spiro atoms. The Morgan fingerprint density at radius 1 is 1.25 bits per heavy atom. The molecule has 0 bridgehead atoms. The van der Waals surface area contributed by atoms with Crippen LogP contribution in [0, 0.1) is 0 Å². The van der Waals surface area contributed by atoms with Crippen molar-refractivity contribution in [3.8, 4) is 0 Å². The number of aromatic nitrogens is 3. The molecule has 0 aliphatic heterocycles. The molecule has 0 aromatic carbocycles. The van der Waals surface area contributed by atoms with E-state index in [-0.39, 0.29) is 17.4 Å². The van der Waals surface area contributed by atoms with Crippen LogP contribution in [-0.2, 0) is 6.42 Å². The summed E-state index contributed by atoms with van der Waals surface area (Å²) in [5.41, 5.74) is 1.03. The van der Waals surface area contributed by atoms with E-state index < -0.39 is 0 Å². The van der Waals surface area contributed by atoms with Crippen LogP contribution >= 0.6 is 11.6 Å². The molecular weight excluding hydrogens is 226 g/mol. The smallest absolute Gasteiger partial charge is 0.170 e. The molecule has 0 saturated carbocycles. The lowest BCUT2D eigenvalue weighted by atomic mass is 10.1. The number of carbonyl (C=O) groups excluding carboxylic acids is 1. The SMILES string of the molecule is O=C(Cc1nccnc1Cl)c1cccnc1. The van der Waals surface area contributed by atoms with E-state index in [2.05, 4.69) is 15.0 Å². The Bertz CT molecular complexity index is 502. The molecule has 0 atom stereocenters. The van der Waals surface area contributed by atoms with Gasteiger partial charge in [0, 0.05) is 30.4 Å². The maximum absolute atomic E-state index is 11.8. The van der Waals surface area contributed by atoms with Crippen molar-refractivity contribution in [2.45, 2.75) is 6.42 Å². The standard InChI is InChI=1S/C11H8ClN3O/c12-11-9(14-4-5-15-11)6-10(16)8-2-1-3-13-7-8/h1-5,7H,6H2. The van der Waals surface area contributed by atoms with Crippen molar-refractivity contribution in [1.82, 2.24) is 15.0 Å². The van der Waals surface area contributed by atoms with Crippen LogP contribution in [0.2, 0.25) is 5.15 Å². The maximum atomic E-state index is 11.8. The van der Waals surface area contributed by atoms with Gasteiger partial charge in [0.25, 0.3) is 0 Å². The normalized spacial score (nSPS) is 10.1. The molecule has 0 radical (unpaired) electrons. The van der Waals surface area contributed by atoms with Gasteiger partial charge in [-0.15, -0.1) is 0 Å². The summed E-state index contributed by atoms with van der Waals surface area (Å²) in [5.74, 6) is -0.0736. The lowest BCUT2D eigenvalue weighted by Gasteiger charge is -2.01. The average Bonchev–Trinajstić information content (AvgIpc) is 2.33. The zero-order valence-corrected chi connectivity index (χ0v) is 9.05. The Hall–Kier alpha value is -1.81. The number of Topliss-reactive ketones (excluding diaryl/α,β-unsaturated/α-hetero) is 1. The first-order chi connectivity index (χ1) is 7.77. The minimum absolute atomic E-state index is 0.0736. The van der Waals surface area contributed by atoms with Gasteiger partial charge in [-0.25, -0.2) is 4.98 Å². The third-order valence-electron chi connectivity index (χ3n) is 2.03. The summed E-state index contributed by atoms with van der Waals surface area (Å²) >= 11 is 5.81. The topological polar surface area (TPSA) is 55.7 Å². The maximum Gasteiger partial charge on any atom is 0.170 e. The molecule has 2 aromatic rings. The number of halogens is 1. The van der Waals surface area contributed by atoms with Gasteiger partial charge in [-0.2, -0.15) is 0 Å². The largest absolute Gasteiger partial charge is 0.294 e. The average molecular weight is 234 g/mol. The molecule has 0 N–H and O–H groups in total. The third kappa shape index (κ3) is 2.41. The lowest BCUT2D eigenvalue weighted by Crippen LogP contribution is -2.06. The summed E-state index contributed by atoms with van der Waals surface area (Å²) in [5, 5.41) is 0.264. The Morgan fingerprint density at radius 2 is 2.06 bits per heavy atom. The minimum Gasteiger partial charge on any atom is -0.294 e. The van der Waals surface area contributed by atoms with Crippen LogP contribution in [0.15, 0.2) is 36.9 Å². The first-order valence-electron chi connectivity index (χ1n) is 4.66. The molecule has 0 aliphatic carbocycles. The van der Waals surface area contributed by atoms with Gasteiger partial charge in [0.15, 0.2) is 10.9 Å². The molecule has 16 heavy (non-hydrogen) atoms. The highest BCUT2D eigenvalue weighted by atomic mass is 35.5. The summed E-state index contributed by atoms with van der Waals surface area (Å²) in [7, 11) is 0. The third-order valence-corrected chi connectivity index (χ3v) is 2.35. The van der Waals surface area contributed by atoms with Crippen molar-refractivity contribution in [3.63, 3.8) is 0 Å². The molecule has 2 heterocycles. The van der Waals surface area contributed by atoms with Gasteiger partial charge < -0.3 is 0 Å². The summed E-state index contributed by atoms with van der Waals surface area (Å²) in [4.78, 5) is 23.5. The molecule has 0 fully saturated rings. The van der Waals surface area contributed by atoms with Gasteiger partial charge in [0.05, 0.1) is 12.1 Å². The molecular formula is C11H8ClN3O. The van der Waals surface area contributed by atoms with E-state index in [1.165, 1.54) is 18.6 Å².